The SMILES string of the molecule is CSC(C)(C)CNC(=O)C(C)CCCC(C)N. The highest BCUT2D eigenvalue weighted by Gasteiger charge is 2.19. The van der Waals surface area contributed by atoms with Crippen molar-refractivity contribution in [3.8, 4) is 0 Å². The number of carbonyl (C=O) groups is 1. The summed E-state index contributed by atoms with van der Waals surface area (Å²) in [6.07, 6.45) is 5.01. The third-order valence-electron chi connectivity index (χ3n) is 2.99. The Morgan fingerprint density at radius 3 is 2.41 bits per heavy atom. The van der Waals surface area contributed by atoms with Crippen LogP contribution in [0, 0.1) is 5.92 Å². The molecule has 102 valence electrons. The van der Waals surface area contributed by atoms with E-state index in [1.807, 2.05) is 13.8 Å². The van der Waals surface area contributed by atoms with Crippen molar-refractivity contribution >= 4 is 17.7 Å². The fourth-order valence-electron chi connectivity index (χ4n) is 1.42. The molecule has 0 aliphatic heterocycles. The summed E-state index contributed by atoms with van der Waals surface area (Å²) in [5.74, 6) is 0.253. The molecule has 0 aliphatic carbocycles. The van der Waals surface area contributed by atoms with E-state index in [9.17, 15) is 4.79 Å². The summed E-state index contributed by atoms with van der Waals surface area (Å²) in [5.41, 5.74) is 5.69. The summed E-state index contributed by atoms with van der Waals surface area (Å²) in [4.78, 5) is 11.8. The van der Waals surface area contributed by atoms with Gasteiger partial charge in [-0.3, -0.25) is 4.79 Å². The number of nitrogens with one attached hydrogen (secondary N) is 1. The van der Waals surface area contributed by atoms with E-state index in [1.165, 1.54) is 0 Å². The molecule has 2 unspecified atom stereocenters. The minimum atomic E-state index is 0.0893. The Hall–Kier alpha value is -0.220. The fraction of sp³-hybridized carbons (Fsp3) is 0.923. The van der Waals surface area contributed by atoms with Crippen LogP contribution in [0.25, 0.3) is 0 Å². The Balaban J connectivity index is 3.82. The van der Waals surface area contributed by atoms with Gasteiger partial charge in [0.05, 0.1) is 0 Å². The van der Waals surface area contributed by atoms with Gasteiger partial charge in [0, 0.05) is 23.3 Å². The molecule has 3 N–H and O–H groups in total. The second-order valence-corrected chi connectivity index (χ2v) is 7.00. The molecule has 0 fully saturated rings. The van der Waals surface area contributed by atoms with Crippen molar-refractivity contribution in [3.05, 3.63) is 0 Å². The van der Waals surface area contributed by atoms with Crippen LogP contribution in [0.5, 0.6) is 0 Å². The molecule has 0 saturated carbocycles. The molecule has 0 saturated heterocycles. The smallest absolute Gasteiger partial charge is 0.222 e. The van der Waals surface area contributed by atoms with Gasteiger partial charge < -0.3 is 11.1 Å². The third-order valence-corrected chi connectivity index (χ3v) is 4.23. The maximum atomic E-state index is 11.8. The van der Waals surface area contributed by atoms with Gasteiger partial charge in [-0.2, -0.15) is 11.8 Å². The molecule has 0 aromatic carbocycles. The first-order valence-corrected chi connectivity index (χ1v) is 7.59. The Labute approximate surface area is 110 Å². The molecular formula is C13H28N2OS. The molecule has 0 radical (unpaired) electrons. The normalized spacial score (nSPS) is 15.4. The highest BCUT2D eigenvalue weighted by molar-refractivity contribution is 7.99. The van der Waals surface area contributed by atoms with E-state index in [4.69, 9.17) is 5.73 Å². The van der Waals surface area contributed by atoms with Crippen molar-refractivity contribution in [2.75, 3.05) is 12.8 Å². The number of nitrogens with two attached hydrogens (primary N) is 1. The van der Waals surface area contributed by atoms with Crippen LogP contribution in [0.1, 0.15) is 47.0 Å². The molecule has 17 heavy (non-hydrogen) atoms. The number of thioether (sulfide) groups is 1. The lowest BCUT2D eigenvalue weighted by Crippen LogP contribution is -2.38. The topological polar surface area (TPSA) is 55.1 Å². The third kappa shape index (κ3) is 8.50. The zero-order valence-electron chi connectivity index (χ0n) is 11.9. The van der Waals surface area contributed by atoms with Crippen LogP contribution in [-0.4, -0.2) is 29.5 Å². The predicted molar refractivity (Wildman–Crippen MR) is 77.3 cm³/mol. The Kier molecular flexibility index (Phi) is 7.88. The van der Waals surface area contributed by atoms with Gasteiger partial charge in [-0.05, 0) is 39.9 Å². The number of amides is 1. The van der Waals surface area contributed by atoms with Crippen LogP contribution < -0.4 is 11.1 Å². The van der Waals surface area contributed by atoms with Gasteiger partial charge in [0.2, 0.25) is 5.91 Å². The van der Waals surface area contributed by atoms with Crippen LogP contribution in [0.2, 0.25) is 0 Å². The maximum absolute atomic E-state index is 11.8. The Morgan fingerprint density at radius 2 is 1.94 bits per heavy atom. The first-order chi connectivity index (χ1) is 7.78. The maximum Gasteiger partial charge on any atom is 0.222 e. The van der Waals surface area contributed by atoms with Gasteiger partial charge in [-0.25, -0.2) is 0 Å². The molecule has 0 rings (SSSR count). The van der Waals surface area contributed by atoms with E-state index in [-0.39, 0.29) is 22.6 Å². The van der Waals surface area contributed by atoms with Crippen LogP contribution in [-0.2, 0) is 4.79 Å². The number of hydrogen-bond donors (Lipinski definition) is 2. The highest BCUT2D eigenvalue weighted by atomic mass is 32.2. The van der Waals surface area contributed by atoms with Gasteiger partial charge in [-0.15, -0.1) is 0 Å². The lowest BCUT2D eigenvalue weighted by atomic mass is 10.0. The first-order valence-electron chi connectivity index (χ1n) is 6.37. The zero-order valence-corrected chi connectivity index (χ0v) is 12.7. The monoisotopic (exact) mass is 260 g/mol. The summed E-state index contributed by atoms with van der Waals surface area (Å²) in [5, 5.41) is 3.02. The second-order valence-electron chi connectivity index (χ2n) is 5.49. The molecule has 0 spiro atoms. The van der Waals surface area contributed by atoms with E-state index < -0.39 is 0 Å². The summed E-state index contributed by atoms with van der Waals surface area (Å²) in [6, 6.07) is 0.237. The average molecular weight is 260 g/mol. The molecule has 1 amide bonds. The van der Waals surface area contributed by atoms with Crippen LogP contribution in [0.15, 0.2) is 0 Å². The van der Waals surface area contributed by atoms with Gasteiger partial charge in [0.15, 0.2) is 0 Å². The minimum Gasteiger partial charge on any atom is -0.354 e. The highest BCUT2D eigenvalue weighted by Crippen LogP contribution is 2.20. The van der Waals surface area contributed by atoms with Gasteiger partial charge in [0.25, 0.3) is 0 Å². The number of carbonyl (C=O) groups excluding carboxylic acids is 1. The van der Waals surface area contributed by atoms with E-state index in [0.29, 0.717) is 0 Å². The van der Waals surface area contributed by atoms with E-state index in [1.54, 1.807) is 11.8 Å². The van der Waals surface area contributed by atoms with Crippen LogP contribution in [0.4, 0.5) is 0 Å². The van der Waals surface area contributed by atoms with Crippen molar-refractivity contribution in [1.82, 2.24) is 5.32 Å². The van der Waals surface area contributed by atoms with Crippen molar-refractivity contribution in [3.63, 3.8) is 0 Å². The Morgan fingerprint density at radius 1 is 1.35 bits per heavy atom. The van der Waals surface area contributed by atoms with E-state index in [2.05, 4.69) is 25.4 Å². The molecule has 4 heteroatoms. The van der Waals surface area contributed by atoms with Gasteiger partial charge in [0.1, 0.15) is 0 Å². The van der Waals surface area contributed by atoms with Crippen LogP contribution >= 0.6 is 11.8 Å². The summed E-state index contributed by atoms with van der Waals surface area (Å²) < 4.78 is 0.112. The fourth-order valence-corrected chi connectivity index (χ4v) is 1.64. The zero-order chi connectivity index (χ0) is 13.5. The largest absolute Gasteiger partial charge is 0.354 e. The number of hydrogen-bond acceptors (Lipinski definition) is 3. The molecule has 0 aromatic heterocycles. The Bertz CT molecular complexity index is 229. The summed E-state index contributed by atoms with van der Waals surface area (Å²) >= 11 is 1.77. The van der Waals surface area contributed by atoms with Gasteiger partial charge in [-0.1, -0.05) is 13.3 Å². The predicted octanol–water partition coefficient (Wildman–Crippen LogP) is 2.40. The van der Waals surface area contributed by atoms with Crippen molar-refractivity contribution < 1.29 is 4.79 Å². The van der Waals surface area contributed by atoms with Gasteiger partial charge >= 0.3 is 0 Å². The average Bonchev–Trinajstić information content (AvgIpc) is 2.25. The lowest BCUT2D eigenvalue weighted by Gasteiger charge is -2.23. The second kappa shape index (κ2) is 7.98. The summed E-state index contributed by atoms with van der Waals surface area (Å²) in [7, 11) is 0. The molecule has 0 bridgehead atoms. The van der Waals surface area contributed by atoms with E-state index >= 15 is 0 Å². The summed E-state index contributed by atoms with van der Waals surface area (Å²) in [6.45, 7) is 9.00. The molecule has 0 heterocycles. The molecule has 0 aliphatic rings. The minimum absolute atomic E-state index is 0.0893. The quantitative estimate of drug-likeness (QED) is 0.704. The molecular weight excluding hydrogens is 232 g/mol. The number of rotatable bonds is 8. The van der Waals surface area contributed by atoms with E-state index in [0.717, 1.165) is 25.8 Å². The lowest BCUT2D eigenvalue weighted by molar-refractivity contribution is -0.124. The standard InChI is InChI=1S/C13H28N2OS/c1-10(7-6-8-11(2)14)12(16)15-9-13(3,4)17-5/h10-11H,6-9,14H2,1-5H3,(H,15,16). The van der Waals surface area contributed by atoms with Crippen LogP contribution in [0.3, 0.4) is 0 Å². The molecule has 0 aromatic rings. The van der Waals surface area contributed by atoms with Crippen molar-refractivity contribution in [2.45, 2.75) is 57.7 Å². The first kappa shape index (κ1) is 16.8. The van der Waals surface area contributed by atoms with Crippen molar-refractivity contribution in [2.24, 2.45) is 11.7 Å². The molecule has 2 atom stereocenters. The van der Waals surface area contributed by atoms with Crippen molar-refractivity contribution in [1.29, 1.82) is 0 Å². The molecule has 3 nitrogen and oxygen atoms in total.